The third-order valence-electron chi connectivity index (χ3n) is 5.64. The van der Waals surface area contributed by atoms with Crippen molar-refractivity contribution in [3.8, 4) is 11.5 Å². The molecule has 0 fully saturated rings. The third kappa shape index (κ3) is 2.83. The van der Waals surface area contributed by atoms with Gasteiger partial charge in [-0.2, -0.15) is 0 Å². The summed E-state index contributed by atoms with van der Waals surface area (Å²) in [5.41, 5.74) is 1.42. The molecule has 0 aliphatic heterocycles. The highest BCUT2D eigenvalue weighted by Crippen LogP contribution is 2.38. The van der Waals surface area contributed by atoms with E-state index in [0.29, 0.717) is 40.9 Å². The summed E-state index contributed by atoms with van der Waals surface area (Å²) < 4.78 is 13.1. The van der Waals surface area contributed by atoms with Crippen LogP contribution in [0.4, 0.5) is 0 Å². The number of carbonyl (C=O) groups excluding carboxylic acids is 1. The molecular weight excluding hydrogens is 374 g/mol. The molecule has 8 heteroatoms. The molecule has 0 saturated heterocycles. The fourth-order valence-electron chi connectivity index (χ4n) is 4.03. The monoisotopic (exact) mass is 395 g/mol. The Labute approximate surface area is 166 Å². The number of ether oxygens (including phenoxy) is 2. The lowest BCUT2D eigenvalue weighted by Gasteiger charge is -2.25. The predicted molar refractivity (Wildman–Crippen MR) is 107 cm³/mol. The summed E-state index contributed by atoms with van der Waals surface area (Å²) in [4.78, 5) is 42.2. The van der Waals surface area contributed by atoms with Gasteiger partial charge in [0.1, 0.15) is 5.65 Å². The number of fused-ring (bicyclic) bond motifs is 3. The lowest BCUT2D eigenvalue weighted by molar-refractivity contribution is 0.0964. The summed E-state index contributed by atoms with van der Waals surface area (Å²) in [6, 6.07) is 5.57. The molecular formula is C21H21N3O5. The van der Waals surface area contributed by atoms with Gasteiger partial charge in [-0.1, -0.05) is 6.07 Å². The lowest BCUT2D eigenvalue weighted by atomic mass is 9.79. The van der Waals surface area contributed by atoms with Crippen molar-refractivity contribution in [2.75, 3.05) is 14.2 Å². The molecule has 0 spiro atoms. The molecule has 0 saturated carbocycles. The van der Waals surface area contributed by atoms with Crippen LogP contribution < -0.4 is 20.7 Å². The zero-order valence-electron chi connectivity index (χ0n) is 16.7. The van der Waals surface area contributed by atoms with Crippen LogP contribution in [0.3, 0.4) is 0 Å². The zero-order chi connectivity index (χ0) is 20.9. The van der Waals surface area contributed by atoms with Gasteiger partial charge < -0.3 is 9.47 Å². The number of aryl methyl sites for hydroxylation is 1. The lowest BCUT2D eigenvalue weighted by Crippen LogP contribution is -2.38. The maximum atomic E-state index is 12.9. The summed E-state index contributed by atoms with van der Waals surface area (Å²) in [6.07, 6.45) is 2.27. The van der Waals surface area contributed by atoms with Gasteiger partial charge in [-0.15, -0.1) is 0 Å². The van der Waals surface area contributed by atoms with Crippen LogP contribution in [0.15, 0.2) is 34.0 Å². The van der Waals surface area contributed by atoms with Crippen molar-refractivity contribution in [3.05, 3.63) is 61.9 Å². The summed E-state index contributed by atoms with van der Waals surface area (Å²) >= 11 is 0. The standard InChI is InChI=1S/C21H21N3O5/c1-23-19-18(20(26)24(2)21(23)27)13-7-12(8-15(25)14(13)10-22-19)11-5-6-16(28-3)17(9-11)29-4/h5-6,9-10,12H,7-8H2,1-4H3/t12-/m0/s1. The number of hydrogen-bond donors (Lipinski definition) is 0. The largest absolute Gasteiger partial charge is 0.493 e. The molecule has 0 unspecified atom stereocenters. The quantitative estimate of drug-likeness (QED) is 0.668. The summed E-state index contributed by atoms with van der Waals surface area (Å²) in [5.74, 6) is 0.997. The van der Waals surface area contributed by atoms with Gasteiger partial charge in [0.25, 0.3) is 5.56 Å². The van der Waals surface area contributed by atoms with Gasteiger partial charge in [-0.05, 0) is 35.6 Å². The first-order valence-corrected chi connectivity index (χ1v) is 9.20. The molecule has 3 aromatic rings. The minimum Gasteiger partial charge on any atom is -0.493 e. The van der Waals surface area contributed by atoms with E-state index in [4.69, 9.17) is 9.47 Å². The van der Waals surface area contributed by atoms with Crippen molar-refractivity contribution >= 4 is 16.8 Å². The Balaban J connectivity index is 1.91. The second-order valence-electron chi connectivity index (χ2n) is 7.20. The van der Waals surface area contributed by atoms with E-state index in [1.165, 1.54) is 17.8 Å². The van der Waals surface area contributed by atoms with Crippen LogP contribution in [0.25, 0.3) is 11.0 Å². The highest BCUT2D eigenvalue weighted by atomic mass is 16.5. The van der Waals surface area contributed by atoms with Crippen molar-refractivity contribution < 1.29 is 14.3 Å². The van der Waals surface area contributed by atoms with E-state index < -0.39 is 11.2 Å². The van der Waals surface area contributed by atoms with Crippen LogP contribution in [0.2, 0.25) is 0 Å². The second kappa shape index (κ2) is 6.88. The highest BCUT2D eigenvalue weighted by molar-refractivity contribution is 6.02. The van der Waals surface area contributed by atoms with E-state index in [2.05, 4.69) is 4.98 Å². The molecule has 29 heavy (non-hydrogen) atoms. The van der Waals surface area contributed by atoms with Gasteiger partial charge >= 0.3 is 5.69 Å². The molecule has 0 N–H and O–H groups in total. The molecule has 2 aromatic heterocycles. The molecule has 0 bridgehead atoms. The topological polar surface area (TPSA) is 92.4 Å². The van der Waals surface area contributed by atoms with E-state index in [0.717, 1.165) is 10.1 Å². The van der Waals surface area contributed by atoms with Crippen molar-refractivity contribution in [1.82, 2.24) is 14.1 Å². The number of methoxy groups -OCH3 is 2. The van der Waals surface area contributed by atoms with Crippen LogP contribution in [-0.4, -0.2) is 34.1 Å². The Morgan fingerprint density at radius 1 is 1.00 bits per heavy atom. The van der Waals surface area contributed by atoms with Crippen LogP contribution in [0.5, 0.6) is 11.5 Å². The molecule has 8 nitrogen and oxygen atoms in total. The molecule has 4 rings (SSSR count). The van der Waals surface area contributed by atoms with E-state index in [9.17, 15) is 14.4 Å². The minimum absolute atomic E-state index is 0.0728. The maximum absolute atomic E-state index is 12.9. The van der Waals surface area contributed by atoms with Crippen molar-refractivity contribution in [3.63, 3.8) is 0 Å². The Hall–Kier alpha value is -3.42. The number of benzene rings is 1. The molecule has 150 valence electrons. The van der Waals surface area contributed by atoms with Crippen molar-refractivity contribution in [1.29, 1.82) is 0 Å². The minimum atomic E-state index is -0.450. The van der Waals surface area contributed by atoms with Crippen LogP contribution in [0.1, 0.15) is 33.8 Å². The predicted octanol–water partition coefficient (Wildman–Crippen LogP) is 1.56. The van der Waals surface area contributed by atoms with Gasteiger partial charge in [0.2, 0.25) is 0 Å². The molecule has 1 aliphatic carbocycles. The number of hydrogen-bond acceptors (Lipinski definition) is 6. The molecule has 0 radical (unpaired) electrons. The van der Waals surface area contributed by atoms with Crippen LogP contribution in [-0.2, 0) is 20.5 Å². The molecule has 0 amide bonds. The zero-order valence-corrected chi connectivity index (χ0v) is 16.7. The average Bonchev–Trinajstić information content (AvgIpc) is 2.74. The second-order valence-corrected chi connectivity index (χ2v) is 7.20. The Morgan fingerprint density at radius 2 is 1.72 bits per heavy atom. The normalized spacial score (nSPS) is 16.0. The molecule has 2 heterocycles. The number of aromatic nitrogens is 3. The first-order valence-electron chi connectivity index (χ1n) is 9.20. The third-order valence-corrected chi connectivity index (χ3v) is 5.64. The Morgan fingerprint density at radius 3 is 2.41 bits per heavy atom. The number of Topliss-reactive ketones (excluding diaryl/α,β-unsaturated/α-hetero) is 1. The van der Waals surface area contributed by atoms with Gasteiger partial charge in [-0.3, -0.25) is 18.7 Å². The van der Waals surface area contributed by atoms with E-state index in [1.54, 1.807) is 21.3 Å². The van der Waals surface area contributed by atoms with Gasteiger partial charge in [0.15, 0.2) is 17.3 Å². The first kappa shape index (κ1) is 18.9. The molecule has 1 atom stereocenters. The number of ketones is 1. The molecule has 1 aromatic carbocycles. The smallest absolute Gasteiger partial charge is 0.332 e. The highest BCUT2D eigenvalue weighted by Gasteiger charge is 2.30. The number of carbonyl (C=O) groups is 1. The fourth-order valence-corrected chi connectivity index (χ4v) is 4.03. The van der Waals surface area contributed by atoms with Gasteiger partial charge in [0, 0.05) is 32.3 Å². The van der Waals surface area contributed by atoms with E-state index >= 15 is 0 Å². The van der Waals surface area contributed by atoms with Crippen LogP contribution >= 0.6 is 0 Å². The number of pyridine rings is 1. The van der Waals surface area contributed by atoms with Gasteiger partial charge in [-0.25, -0.2) is 9.78 Å². The van der Waals surface area contributed by atoms with Crippen molar-refractivity contribution in [2.45, 2.75) is 18.8 Å². The maximum Gasteiger partial charge on any atom is 0.332 e. The van der Waals surface area contributed by atoms with E-state index in [-0.39, 0.29) is 17.3 Å². The summed E-state index contributed by atoms with van der Waals surface area (Å²) in [6.45, 7) is 0. The van der Waals surface area contributed by atoms with Gasteiger partial charge in [0.05, 0.1) is 19.6 Å². The molecule has 1 aliphatic rings. The summed E-state index contributed by atoms with van der Waals surface area (Å²) in [7, 11) is 6.13. The summed E-state index contributed by atoms with van der Waals surface area (Å²) in [5, 5.41) is 0.325. The number of rotatable bonds is 3. The van der Waals surface area contributed by atoms with E-state index in [1.807, 2.05) is 18.2 Å². The fraction of sp³-hybridized carbons (Fsp3) is 0.333. The first-order chi connectivity index (χ1) is 13.9. The Kier molecular flexibility index (Phi) is 4.49. The average molecular weight is 395 g/mol. The van der Waals surface area contributed by atoms with Crippen molar-refractivity contribution in [2.24, 2.45) is 14.1 Å². The van der Waals surface area contributed by atoms with Crippen LogP contribution in [0, 0.1) is 0 Å². The SMILES string of the molecule is COc1ccc([C@@H]2CC(=O)c3cnc4c(c3C2)c(=O)n(C)c(=O)n4C)cc1OC. The Bertz CT molecular complexity index is 1270. The number of nitrogens with zero attached hydrogens (tertiary/aromatic N) is 3.